The zero-order valence-electron chi connectivity index (χ0n) is 7.57. The largest absolute Gasteiger partial charge is 0.481 e. The highest BCUT2D eigenvalue weighted by Gasteiger charge is 2.21. The Morgan fingerprint density at radius 1 is 1.77 bits per heavy atom. The van der Waals surface area contributed by atoms with Crippen molar-refractivity contribution in [1.29, 1.82) is 0 Å². The van der Waals surface area contributed by atoms with E-state index in [2.05, 4.69) is 10.3 Å². The van der Waals surface area contributed by atoms with Gasteiger partial charge in [0, 0.05) is 17.1 Å². The Hall–Kier alpha value is -1.10. The van der Waals surface area contributed by atoms with Crippen LogP contribution < -0.4 is 5.32 Å². The summed E-state index contributed by atoms with van der Waals surface area (Å²) < 4.78 is 0. The average Bonchev–Trinajstić information content (AvgIpc) is 2.34. The van der Waals surface area contributed by atoms with Gasteiger partial charge in [0.15, 0.2) is 5.13 Å². The lowest BCUT2D eigenvalue weighted by Crippen LogP contribution is -2.33. The van der Waals surface area contributed by atoms with Crippen LogP contribution in [0.5, 0.6) is 0 Å². The average molecular weight is 200 g/mol. The van der Waals surface area contributed by atoms with Crippen LogP contribution in [0, 0.1) is 0 Å². The molecule has 1 rings (SSSR count). The number of hydrogen-bond donors (Lipinski definition) is 2. The van der Waals surface area contributed by atoms with Crippen molar-refractivity contribution in [2.75, 3.05) is 5.32 Å². The molecule has 1 aromatic heterocycles. The molecule has 0 aliphatic heterocycles. The summed E-state index contributed by atoms with van der Waals surface area (Å²) in [7, 11) is 0. The summed E-state index contributed by atoms with van der Waals surface area (Å²) in [6, 6.07) is 0. The molecule has 0 atom stereocenters. The van der Waals surface area contributed by atoms with Gasteiger partial charge in [-0.3, -0.25) is 4.79 Å². The van der Waals surface area contributed by atoms with Crippen molar-refractivity contribution < 1.29 is 9.90 Å². The first-order valence-corrected chi connectivity index (χ1v) is 4.77. The highest BCUT2D eigenvalue weighted by atomic mass is 32.1. The van der Waals surface area contributed by atoms with E-state index in [9.17, 15) is 4.79 Å². The SMILES string of the molecule is CC(C)(CC(=O)O)Nc1nccs1. The number of aliphatic carboxylic acids is 1. The fraction of sp³-hybridized carbons (Fsp3) is 0.500. The number of aromatic nitrogens is 1. The van der Waals surface area contributed by atoms with Gasteiger partial charge in [-0.15, -0.1) is 11.3 Å². The smallest absolute Gasteiger partial charge is 0.305 e. The number of nitrogens with one attached hydrogen (secondary N) is 1. The molecule has 0 fully saturated rings. The number of carbonyl (C=O) groups is 1. The molecule has 0 spiro atoms. The number of rotatable bonds is 4. The van der Waals surface area contributed by atoms with Gasteiger partial charge in [0.25, 0.3) is 0 Å². The molecule has 0 aromatic carbocycles. The molecule has 0 amide bonds. The van der Waals surface area contributed by atoms with Crippen LogP contribution in [-0.2, 0) is 4.79 Å². The van der Waals surface area contributed by atoms with Crippen molar-refractivity contribution in [3.63, 3.8) is 0 Å². The summed E-state index contributed by atoms with van der Waals surface area (Å²) in [5.74, 6) is -0.811. The second-order valence-electron chi connectivity index (χ2n) is 3.42. The van der Waals surface area contributed by atoms with E-state index in [1.807, 2.05) is 19.2 Å². The van der Waals surface area contributed by atoms with Crippen LogP contribution in [-0.4, -0.2) is 21.6 Å². The molecule has 2 N–H and O–H groups in total. The quantitative estimate of drug-likeness (QED) is 0.778. The van der Waals surface area contributed by atoms with Crippen molar-refractivity contribution in [3.8, 4) is 0 Å². The van der Waals surface area contributed by atoms with Crippen LogP contribution in [0.2, 0.25) is 0 Å². The lowest BCUT2D eigenvalue weighted by Gasteiger charge is -2.23. The highest BCUT2D eigenvalue weighted by molar-refractivity contribution is 7.13. The van der Waals surface area contributed by atoms with Crippen LogP contribution in [0.15, 0.2) is 11.6 Å². The Kier molecular flexibility index (Phi) is 2.87. The van der Waals surface area contributed by atoms with Crippen molar-refractivity contribution in [1.82, 2.24) is 4.98 Å². The van der Waals surface area contributed by atoms with E-state index < -0.39 is 11.5 Å². The van der Waals surface area contributed by atoms with E-state index in [4.69, 9.17) is 5.11 Å². The summed E-state index contributed by atoms with van der Waals surface area (Å²) in [6.45, 7) is 3.67. The van der Waals surface area contributed by atoms with Gasteiger partial charge in [-0.2, -0.15) is 0 Å². The third-order valence-corrected chi connectivity index (χ3v) is 2.16. The molecular formula is C8H12N2O2S. The number of thiazole rings is 1. The molecule has 0 aliphatic carbocycles. The zero-order chi connectivity index (χ0) is 9.90. The third kappa shape index (κ3) is 3.42. The van der Waals surface area contributed by atoms with Gasteiger partial charge in [-0.05, 0) is 13.8 Å². The summed E-state index contributed by atoms with van der Waals surface area (Å²) >= 11 is 1.46. The Bertz CT molecular complexity index is 282. The lowest BCUT2D eigenvalue weighted by atomic mass is 10.0. The second kappa shape index (κ2) is 3.74. The molecule has 0 unspecified atom stereocenters. The van der Waals surface area contributed by atoms with Crippen LogP contribution in [0.3, 0.4) is 0 Å². The Balaban J connectivity index is 2.56. The summed E-state index contributed by atoms with van der Waals surface area (Å²) in [5, 5.41) is 14.3. The number of carboxylic acids is 1. The molecule has 4 nitrogen and oxygen atoms in total. The maximum atomic E-state index is 10.5. The highest BCUT2D eigenvalue weighted by Crippen LogP contribution is 2.19. The topological polar surface area (TPSA) is 62.2 Å². The minimum absolute atomic E-state index is 0.0760. The molecule has 5 heteroatoms. The Labute approximate surface area is 80.6 Å². The molecule has 0 saturated heterocycles. The fourth-order valence-electron chi connectivity index (χ4n) is 0.997. The van der Waals surface area contributed by atoms with Crippen molar-refractivity contribution >= 4 is 22.4 Å². The standard InChI is InChI=1S/C8H12N2O2S/c1-8(2,5-6(11)12)10-7-9-3-4-13-7/h3-4H,5H2,1-2H3,(H,9,10)(H,11,12). The number of carboxylic acid groups (broad SMARTS) is 1. The predicted octanol–water partition coefficient (Wildman–Crippen LogP) is 1.81. The van der Waals surface area contributed by atoms with Crippen molar-refractivity contribution in [2.24, 2.45) is 0 Å². The molecule has 1 aromatic rings. The molecule has 1 heterocycles. The molecule has 72 valence electrons. The van der Waals surface area contributed by atoms with Gasteiger partial charge in [0.2, 0.25) is 0 Å². The number of nitrogens with zero attached hydrogens (tertiary/aromatic N) is 1. The molecular weight excluding hydrogens is 188 g/mol. The van der Waals surface area contributed by atoms with Crippen molar-refractivity contribution in [2.45, 2.75) is 25.8 Å². The van der Waals surface area contributed by atoms with Gasteiger partial charge >= 0.3 is 5.97 Å². The zero-order valence-corrected chi connectivity index (χ0v) is 8.39. The minimum atomic E-state index is -0.811. The Morgan fingerprint density at radius 3 is 2.92 bits per heavy atom. The minimum Gasteiger partial charge on any atom is -0.481 e. The van der Waals surface area contributed by atoms with Gasteiger partial charge < -0.3 is 10.4 Å². The molecule has 0 aliphatic rings. The first kappa shape index (κ1) is 9.98. The molecule has 13 heavy (non-hydrogen) atoms. The normalized spacial score (nSPS) is 11.2. The third-order valence-electron chi connectivity index (χ3n) is 1.47. The predicted molar refractivity (Wildman–Crippen MR) is 52.1 cm³/mol. The van der Waals surface area contributed by atoms with Crippen LogP contribution >= 0.6 is 11.3 Å². The molecule has 0 bridgehead atoms. The maximum absolute atomic E-state index is 10.5. The van der Waals surface area contributed by atoms with Crippen LogP contribution in [0.4, 0.5) is 5.13 Å². The first-order valence-electron chi connectivity index (χ1n) is 3.89. The van der Waals surface area contributed by atoms with Crippen LogP contribution in [0.25, 0.3) is 0 Å². The first-order chi connectivity index (χ1) is 5.99. The lowest BCUT2D eigenvalue weighted by molar-refractivity contribution is -0.137. The van der Waals surface area contributed by atoms with Gasteiger partial charge in [-0.25, -0.2) is 4.98 Å². The number of anilines is 1. The second-order valence-corrected chi connectivity index (χ2v) is 4.31. The van der Waals surface area contributed by atoms with Gasteiger partial charge in [0.1, 0.15) is 0 Å². The van der Waals surface area contributed by atoms with E-state index >= 15 is 0 Å². The summed E-state index contributed by atoms with van der Waals surface area (Å²) in [4.78, 5) is 14.5. The van der Waals surface area contributed by atoms with E-state index in [1.54, 1.807) is 6.20 Å². The van der Waals surface area contributed by atoms with Crippen molar-refractivity contribution in [3.05, 3.63) is 11.6 Å². The van der Waals surface area contributed by atoms with E-state index in [1.165, 1.54) is 11.3 Å². The molecule has 0 saturated carbocycles. The monoisotopic (exact) mass is 200 g/mol. The number of hydrogen-bond acceptors (Lipinski definition) is 4. The van der Waals surface area contributed by atoms with Crippen LogP contribution in [0.1, 0.15) is 20.3 Å². The van der Waals surface area contributed by atoms with Gasteiger partial charge in [0.05, 0.1) is 6.42 Å². The maximum Gasteiger partial charge on any atom is 0.305 e. The summed E-state index contributed by atoms with van der Waals surface area (Å²) in [6.07, 6.45) is 1.76. The van der Waals surface area contributed by atoms with E-state index in [0.717, 1.165) is 5.13 Å². The fourth-order valence-corrected chi connectivity index (χ4v) is 1.70. The summed E-state index contributed by atoms with van der Waals surface area (Å²) in [5.41, 5.74) is -0.455. The Morgan fingerprint density at radius 2 is 2.46 bits per heavy atom. The van der Waals surface area contributed by atoms with E-state index in [-0.39, 0.29) is 6.42 Å². The van der Waals surface area contributed by atoms with Gasteiger partial charge in [-0.1, -0.05) is 0 Å². The molecule has 0 radical (unpaired) electrons. The van der Waals surface area contributed by atoms with E-state index in [0.29, 0.717) is 0 Å².